The van der Waals surface area contributed by atoms with Crippen molar-refractivity contribution < 1.29 is 19.4 Å². The summed E-state index contributed by atoms with van der Waals surface area (Å²) < 4.78 is 11.6. The van der Waals surface area contributed by atoms with Crippen LogP contribution in [0, 0.1) is 0 Å². The summed E-state index contributed by atoms with van der Waals surface area (Å²) in [5.41, 5.74) is 1.07. The molecule has 1 unspecified atom stereocenters. The Balaban J connectivity index is 1.55. The lowest BCUT2D eigenvalue weighted by Gasteiger charge is -2.13. The molecule has 0 aliphatic heterocycles. The zero-order valence-electron chi connectivity index (χ0n) is 15.1. The summed E-state index contributed by atoms with van der Waals surface area (Å²) in [6.45, 7) is 0.0848. The third kappa shape index (κ3) is 5.31. The van der Waals surface area contributed by atoms with Crippen molar-refractivity contribution >= 4 is 21.8 Å². The number of nitrogens with one attached hydrogen (secondary N) is 1. The molecule has 1 aromatic heterocycles. The Morgan fingerprint density at radius 2 is 1.93 bits per heavy atom. The maximum atomic E-state index is 12.3. The summed E-state index contributed by atoms with van der Waals surface area (Å²) in [4.78, 5) is 16.4. The zero-order valence-corrected chi connectivity index (χ0v) is 16.7. The van der Waals surface area contributed by atoms with Crippen molar-refractivity contribution in [2.45, 2.75) is 6.10 Å². The molecule has 0 aliphatic carbocycles. The SMILES string of the molecule is COc1ccc(C(O)CNC(=O)c2ccc(Oc3cccc(Br)c3)nc2)cc1. The highest BCUT2D eigenvalue weighted by Crippen LogP contribution is 2.23. The second-order valence-corrected chi connectivity index (χ2v) is 6.86. The quantitative estimate of drug-likeness (QED) is 0.575. The molecule has 0 aliphatic rings. The van der Waals surface area contributed by atoms with Crippen LogP contribution in [0.1, 0.15) is 22.0 Å². The number of rotatable bonds is 7. The van der Waals surface area contributed by atoms with E-state index in [-0.39, 0.29) is 12.5 Å². The van der Waals surface area contributed by atoms with Crippen LogP contribution in [-0.4, -0.2) is 29.7 Å². The monoisotopic (exact) mass is 442 g/mol. The van der Waals surface area contributed by atoms with E-state index < -0.39 is 6.10 Å². The number of benzene rings is 2. The number of aliphatic hydroxyl groups is 1. The van der Waals surface area contributed by atoms with Crippen LogP contribution in [0.5, 0.6) is 17.4 Å². The van der Waals surface area contributed by atoms with Crippen molar-refractivity contribution in [3.05, 3.63) is 82.5 Å². The van der Waals surface area contributed by atoms with Crippen molar-refractivity contribution in [1.82, 2.24) is 10.3 Å². The van der Waals surface area contributed by atoms with Gasteiger partial charge < -0.3 is 19.9 Å². The fraction of sp³-hybridized carbons (Fsp3) is 0.143. The smallest absolute Gasteiger partial charge is 0.252 e. The summed E-state index contributed by atoms with van der Waals surface area (Å²) in [7, 11) is 1.58. The summed E-state index contributed by atoms with van der Waals surface area (Å²) in [5, 5.41) is 12.9. The largest absolute Gasteiger partial charge is 0.497 e. The number of pyridine rings is 1. The second kappa shape index (κ2) is 9.34. The van der Waals surface area contributed by atoms with Gasteiger partial charge in [0.05, 0.1) is 18.8 Å². The Bertz CT molecular complexity index is 930. The topological polar surface area (TPSA) is 80.7 Å². The van der Waals surface area contributed by atoms with Gasteiger partial charge in [-0.25, -0.2) is 4.98 Å². The molecule has 28 heavy (non-hydrogen) atoms. The van der Waals surface area contributed by atoms with Gasteiger partial charge in [-0.05, 0) is 42.0 Å². The molecule has 0 bridgehead atoms. The molecule has 0 radical (unpaired) electrons. The van der Waals surface area contributed by atoms with Gasteiger partial charge in [-0.3, -0.25) is 4.79 Å². The molecule has 1 heterocycles. The average molecular weight is 443 g/mol. The first kappa shape index (κ1) is 19.9. The van der Waals surface area contributed by atoms with Crippen LogP contribution in [0.4, 0.5) is 0 Å². The van der Waals surface area contributed by atoms with Gasteiger partial charge in [-0.2, -0.15) is 0 Å². The first-order valence-electron chi connectivity index (χ1n) is 8.55. The van der Waals surface area contributed by atoms with E-state index in [9.17, 15) is 9.90 Å². The first-order chi connectivity index (χ1) is 13.5. The minimum atomic E-state index is -0.818. The van der Waals surface area contributed by atoms with Crippen molar-refractivity contribution in [3.8, 4) is 17.4 Å². The molecule has 1 amide bonds. The van der Waals surface area contributed by atoms with Crippen LogP contribution in [0.15, 0.2) is 71.3 Å². The fourth-order valence-electron chi connectivity index (χ4n) is 2.46. The molecule has 3 aromatic rings. The van der Waals surface area contributed by atoms with E-state index in [4.69, 9.17) is 9.47 Å². The summed E-state index contributed by atoms with van der Waals surface area (Å²) in [5.74, 6) is 1.40. The standard InChI is InChI=1S/C21H19BrN2O4/c1-27-17-8-5-14(6-9-17)19(25)13-24-21(26)15-7-10-20(23-12-15)28-18-4-2-3-16(22)11-18/h2-12,19,25H,13H2,1H3,(H,24,26). The van der Waals surface area contributed by atoms with E-state index in [1.165, 1.54) is 6.20 Å². The first-order valence-corrected chi connectivity index (χ1v) is 9.34. The Labute approximate surface area is 171 Å². The lowest BCUT2D eigenvalue weighted by Crippen LogP contribution is -2.28. The summed E-state index contributed by atoms with van der Waals surface area (Å²) >= 11 is 3.38. The summed E-state index contributed by atoms with van der Waals surface area (Å²) in [6, 6.07) is 17.7. The van der Waals surface area contributed by atoms with E-state index in [1.807, 2.05) is 24.3 Å². The molecule has 2 aromatic carbocycles. The lowest BCUT2D eigenvalue weighted by molar-refractivity contribution is 0.0916. The molecular formula is C21H19BrN2O4. The van der Waals surface area contributed by atoms with Crippen LogP contribution in [0.2, 0.25) is 0 Å². The number of methoxy groups -OCH3 is 1. The van der Waals surface area contributed by atoms with Crippen molar-refractivity contribution in [2.75, 3.05) is 13.7 Å². The minimum absolute atomic E-state index is 0.0848. The number of amides is 1. The van der Waals surface area contributed by atoms with E-state index in [0.29, 0.717) is 28.5 Å². The molecule has 2 N–H and O–H groups in total. The van der Waals surface area contributed by atoms with Crippen molar-refractivity contribution in [3.63, 3.8) is 0 Å². The number of halogens is 1. The molecule has 6 nitrogen and oxygen atoms in total. The predicted octanol–water partition coefficient (Wildman–Crippen LogP) is 4.11. The maximum absolute atomic E-state index is 12.3. The van der Waals surface area contributed by atoms with Gasteiger partial charge in [0.15, 0.2) is 0 Å². The van der Waals surface area contributed by atoms with Gasteiger partial charge in [0.1, 0.15) is 11.5 Å². The molecule has 1 atom stereocenters. The van der Waals surface area contributed by atoms with Crippen LogP contribution < -0.4 is 14.8 Å². The van der Waals surface area contributed by atoms with Crippen molar-refractivity contribution in [1.29, 1.82) is 0 Å². The zero-order chi connectivity index (χ0) is 19.9. The van der Waals surface area contributed by atoms with Gasteiger partial charge in [0.2, 0.25) is 5.88 Å². The predicted molar refractivity (Wildman–Crippen MR) is 109 cm³/mol. The third-order valence-electron chi connectivity index (χ3n) is 3.97. The summed E-state index contributed by atoms with van der Waals surface area (Å²) in [6.07, 6.45) is 0.615. The maximum Gasteiger partial charge on any atom is 0.252 e. The number of aromatic nitrogens is 1. The number of hydrogen-bond donors (Lipinski definition) is 2. The van der Waals surface area contributed by atoms with Gasteiger partial charge in [-0.1, -0.05) is 34.1 Å². The van der Waals surface area contributed by atoms with Crippen LogP contribution in [-0.2, 0) is 0 Å². The van der Waals surface area contributed by atoms with E-state index in [1.54, 1.807) is 43.5 Å². The van der Waals surface area contributed by atoms with E-state index in [0.717, 1.165) is 4.47 Å². The number of ether oxygens (including phenoxy) is 2. The molecule has 3 rings (SSSR count). The molecule has 0 saturated heterocycles. The third-order valence-corrected chi connectivity index (χ3v) is 4.47. The number of carbonyl (C=O) groups excluding carboxylic acids is 1. The molecule has 7 heteroatoms. The van der Waals surface area contributed by atoms with E-state index >= 15 is 0 Å². The van der Waals surface area contributed by atoms with Gasteiger partial charge in [-0.15, -0.1) is 0 Å². The fourth-order valence-corrected chi connectivity index (χ4v) is 2.84. The van der Waals surface area contributed by atoms with E-state index in [2.05, 4.69) is 26.2 Å². The molecule has 0 saturated carbocycles. The Morgan fingerprint density at radius 1 is 1.14 bits per heavy atom. The van der Waals surface area contributed by atoms with Crippen molar-refractivity contribution in [2.24, 2.45) is 0 Å². The Hall–Kier alpha value is -2.90. The van der Waals surface area contributed by atoms with Gasteiger partial charge in [0, 0.05) is 23.3 Å². The highest BCUT2D eigenvalue weighted by atomic mass is 79.9. The van der Waals surface area contributed by atoms with Crippen LogP contribution >= 0.6 is 15.9 Å². The molecular weight excluding hydrogens is 424 g/mol. The molecule has 0 fully saturated rings. The normalized spacial score (nSPS) is 11.5. The highest BCUT2D eigenvalue weighted by Gasteiger charge is 2.12. The van der Waals surface area contributed by atoms with Gasteiger partial charge >= 0.3 is 0 Å². The number of aliphatic hydroxyl groups excluding tert-OH is 1. The lowest BCUT2D eigenvalue weighted by atomic mass is 10.1. The second-order valence-electron chi connectivity index (χ2n) is 5.94. The van der Waals surface area contributed by atoms with Crippen LogP contribution in [0.3, 0.4) is 0 Å². The highest BCUT2D eigenvalue weighted by molar-refractivity contribution is 9.10. The van der Waals surface area contributed by atoms with Gasteiger partial charge in [0.25, 0.3) is 5.91 Å². The Morgan fingerprint density at radius 3 is 2.57 bits per heavy atom. The average Bonchev–Trinajstić information content (AvgIpc) is 2.72. The Kier molecular flexibility index (Phi) is 6.62. The number of hydrogen-bond acceptors (Lipinski definition) is 5. The number of nitrogens with zero attached hydrogens (tertiary/aromatic N) is 1. The molecule has 144 valence electrons. The van der Waals surface area contributed by atoms with Crippen LogP contribution in [0.25, 0.3) is 0 Å². The minimum Gasteiger partial charge on any atom is -0.497 e. The number of carbonyl (C=O) groups is 1. The molecule has 0 spiro atoms.